The first kappa shape index (κ1) is 17.3. The zero-order valence-electron chi connectivity index (χ0n) is 13.2. The molecule has 1 aromatic carbocycles. The summed E-state index contributed by atoms with van der Waals surface area (Å²) in [6.07, 6.45) is 1.27. The number of amides is 2. The topological polar surface area (TPSA) is 79.8 Å². The minimum Gasteiger partial charge on any atom is -0.482 e. The Morgan fingerprint density at radius 3 is 2.96 bits per heavy atom. The quantitative estimate of drug-likeness (QED) is 0.834. The number of nitrogens with zero attached hydrogens (tertiary/aromatic N) is 1. The maximum Gasteiger partial charge on any atom is 0.257 e. The van der Waals surface area contributed by atoms with Gasteiger partial charge in [0, 0.05) is 18.9 Å². The summed E-state index contributed by atoms with van der Waals surface area (Å²) in [4.78, 5) is 22.8. The van der Waals surface area contributed by atoms with Gasteiger partial charge < -0.3 is 10.1 Å². The van der Waals surface area contributed by atoms with E-state index in [9.17, 15) is 9.59 Å². The van der Waals surface area contributed by atoms with Crippen LogP contribution < -0.4 is 15.5 Å². The molecule has 0 saturated carbocycles. The number of halogens is 1. The third kappa shape index (κ3) is 4.69. The van der Waals surface area contributed by atoms with Crippen LogP contribution >= 0.6 is 11.6 Å². The number of carbonyl (C=O) groups is 2. The fourth-order valence-electron chi connectivity index (χ4n) is 2.24. The number of rotatable bonds is 6. The minimum absolute atomic E-state index is 0.0198. The summed E-state index contributed by atoms with van der Waals surface area (Å²) in [5, 5.41) is 7.22. The Kier molecular flexibility index (Phi) is 5.98. The number of hydrazone groups is 1. The van der Waals surface area contributed by atoms with Crippen LogP contribution in [0.4, 0.5) is 0 Å². The fraction of sp³-hybridized carbons (Fsp3) is 0.438. The zero-order chi connectivity index (χ0) is 16.8. The van der Waals surface area contributed by atoms with Gasteiger partial charge in [-0.05, 0) is 30.2 Å². The lowest BCUT2D eigenvalue weighted by atomic mass is 9.94. The van der Waals surface area contributed by atoms with Gasteiger partial charge in [0.1, 0.15) is 5.75 Å². The fourth-order valence-corrected chi connectivity index (χ4v) is 2.47. The number of carbonyl (C=O) groups excluding carboxylic acids is 2. The average molecular weight is 338 g/mol. The molecular weight excluding hydrogens is 318 g/mol. The van der Waals surface area contributed by atoms with E-state index in [-0.39, 0.29) is 24.3 Å². The van der Waals surface area contributed by atoms with Crippen molar-refractivity contribution in [3.05, 3.63) is 28.8 Å². The number of ether oxygens (including phenoxy) is 1. The van der Waals surface area contributed by atoms with Crippen LogP contribution in [0.2, 0.25) is 5.02 Å². The van der Waals surface area contributed by atoms with Gasteiger partial charge in [0.25, 0.3) is 5.91 Å². The summed E-state index contributed by atoms with van der Waals surface area (Å²) in [5.41, 5.74) is 4.08. The van der Waals surface area contributed by atoms with E-state index in [4.69, 9.17) is 16.3 Å². The van der Waals surface area contributed by atoms with Crippen molar-refractivity contribution in [1.29, 1.82) is 0 Å². The van der Waals surface area contributed by atoms with Gasteiger partial charge in [-0.15, -0.1) is 0 Å². The van der Waals surface area contributed by atoms with Gasteiger partial charge in [-0.25, -0.2) is 5.43 Å². The van der Waals surface area contributed by atoms with E-state index in [1.165, 1.54) is 0 Å². The molecule has 1 aliphatic heterocycles. The van der Waals surface area contributed by atoms with Crippen molar-refractivity contribution in [3.8, 4) is 5.75 Å². The molecular formula is C16H20ClN3O3. The van der Waals surface area contributed by atoms with Crippen molar-refractivity contribution < 1.29 is 14.3 Å². The highest BCUT2D eigenvalue weighted by Crippen LogP contribution is 2.27. The van der Waals surface area contributed by atoms with Crippen molar-refractivity contribution in [3.63, 3.8) is 0 Å². The Hall–Kier alpha value is -2.08. The molecule has 1 atom stereocenters. The van der Waals surface area contributed by atoms with E-state index in [2.05, 4.69) is 15.8 Å². The molecule has 1 heterocycles. The summed E-state index contributed by atoms with van der Waals surface area (Å²) in [6.45, 7) is 4.47. The van der Waals surface area contributed by atoms with E-state index >= 15 is 0 Å². The van der Waals surface area contributed by atoms with Gasteiger partial charge in [-0.2, -0.15) is 5.10 Å². The molecule has 0 radical (unpaired) electrons. The summed E-state index contributed by atoms with van der Waals surface area (Å²) in [5.74, 6) is 0.187. The maximum atomic E-state index is 11.5. The van der Waals surface area contributed by atoms with Crippen LogP contribution in [0.25, 0.3) is 0 Å². The second-order valence-corrected chi connectivity index (χ2v) is 5.83. The molecule has 124 valence electrons. The Morgan fingerprint density at radius 1 is 1.52 bits per heavy atom. The van der Waals surface area contributed by atoms with Gasteiger partial charge in [-0.1, -0.05) is 25.4 Å². The first-order chi connectivity index (χ1) is 11.0. The highest BCUT2D eigenvalue weighted by atomic mass is 35.5. The molecule has 2 amide bonds. The summed E-state index contributed by atoms with van der Waals surface area (Å²) < 4.78 is 5.43. The molecule has 2 rings (SSSR count). The third-order valence-electron chi connectivity index (χ3n) is 3.42. The van der Waals surface area contributed by atoms with Crippen molar-refractivity contribution in [2.75, 3.05) is 13.2 Å². The molecule has 0 aromatic heterocycles. The van der Waals surface area contributed by atoms with Crippen molar-refractivity contribution in [2.24, 2.45) is 11.0 Å². The van der Waals surface area contributed by atoms with Crippen molar-refractivity contribution >= 4 is 29.1 Å². The van der Waals surface area contributed by atoms with Crippen molar-refractivity contribution in [1.82, 2.24) is 10.7 Å². The summed E-state index contributed by atoms with van der Waals surface area (Å²) in [7, 11) is 0. The first-order valence-electron chi connectivity index (χ1n) is 7.57. The lowest BCUT2D eigenvalue weighted by Gasteiger charge is -2.19. The van der Waals surface area contributed by atoms with E-state index in [1.54, 1.807) is 12.1 Å². The third-order valence-corrected chi connectivity index (χ3v) is 3.71. The smallest absolute Gasteiger partial charge is 0.257 e. The van der Waals surface area contributed by atoms with Crippen LogP contribution in [0, 0.1) is 5.92 Å². The Labute approximate surface area is 140 Å². The molecule has 0 spiro atoms. The zero-order valence-corrected chi connectivity index (χ0v) is 13.9. The average Bonchev–Trinajstić information content (AvgIpc) is 2.51. The van der Waals surface area contributed by atoms with E-state index in [0.29, 0.717) is 23.7 Å². The van der Waals surface area contributed by atoms with Gasteiger partial charge in [-0.3, -0.25) is 9.59 Å². The SMILES string of the molecule is CCCNC(=O)COc1ccc(C2=NNC(=O)CC2C)cc1Cl. The largest absolute Gasteiger partial charge is 0.482 e. The first-order valence-corrected chi connectivity index (χ1v) is 7.95. The Morgan fingerprint density at radius 2 is 2.30 bits per heavy atom. The van der Waals surface area contributed by atoms with Gasteiger partial charge in [0.15, 0.2) is 6.61 Å². The normalized spacial score (nSPS) is 17.3. The van der Waals surface area contributed by atoms with Crippen molar-refractivity contribution in [2.45, 2.75) is 26.7 Å². The number of benzene rings is 1. The number of nitrogens with one attached hydrogen (secondary N) is 2. The molecule has 7 heteroatoms. The molecule has 2 N–H and O–H groups in total. The molecule has 0 fully saturated rings. The second-order valence-electron chi connectivity index (χ2n) is 5.42. The highest BCUT2D eigenvalue weighted by molar-refractivity contribution is 6.32. The van der Waals surface area contributed by atoms with Crippen LogP contribution in [0.15, 0.2) is 23.3 Å². The Bertz CT molecular complexity index is 631. The molecule has 6 nitrogen and oxygen atoms in total. The minimum atomic E-state index is -0.181. The molecule has 23 heavy (non-hydrogen) atoms. The molecule has 0 bridgehead atoms. The van der Waals surface area contributed by atoms with E-state index in [1.807, 2.05) is 19.9 Å². The highest BCUT2D eigenvalue weighted by Gasteiger charge is 2.22. The molecule has 1 aliphatic rings. The second kappa shape index (κ2) is 7.97. The number of hydrogen-bond donors (Lipinski definition) is 2. The number of hydrogen-bond acceptors (Lipinski definition) is 4. The lowest BCUT2D eigenvalue weighted by molar-refractivity contribution is -0.123. The molecule has 0 aliphatic carbocycles. The van der Waals surface area contributed by atoms with Crippen LogP contribution in [-0.2, 0) is 9.59 Å². The molecule has 0 saturated heterocycles. The van der Waals surface area contributed by atoms with Gasteiger partial charge >= 0.3 is 0 Å². The maximum absolute atomic E-state index is 11.5. The predicted octanol–water partition coefficient (Wildman–Crippen LogP) is 2.11. The summed E-state index contributed by atoms with van der Waals surface area (Å²) in [6, 6.07) is 5.25. The molecule has 1 unspecified atom stereocenters. The van der Waals surface area contributed by atoms with Crippen LogP contribution in [0.5, 0.6) is 5.75 Å². The van der Waals surface area contributed by atoms with E-state index < -0.39 is 0 Å². The van der Waals surface area contributed by atoms with E-state index in [0.717, 1.165) is 17.7 Å². The monoisotopic (exact) mass is 337 g/mol. The van der Waals surface area contributed by atoms with Gasteiger partial charge in [0.05, 0.1) is 10.7 Å². The predicted molar refractivity (Wildman–Crippen MR) is 88.7 cm³/mol. The van der Waals surface area contributed by atoms with Crippen LogP contribution in [-0.4, -0.2) is 30.7 Å². The lowest BCUT2D eigenvalue weighted by Crippen LogP contribution is -2.32. The van der Waals surface area contributed by atoms with Crippen LogP contribution in [0.3, 0.4) is 0 Å². The Balaban J connectivity index is 2.03. The molecule has 1 aromatic rings. The standard InChI is InChI=1S/C16H20ClN3O3/c1-3-6-18-15(22)9-23-13-5-4-11(8-12(13)17)16-10(2)7-14(21)19-20-16/h4-5,8,10H,3,6-7,9H2,1-2H3,(H,18,22)(H,19,21). The van der Waals surface area contributed by atoms with Crippen LogP contribution in [0.1, 0.15) is 32.3 Å². The summed E-state index contributed by atoms with van der Waals surface area (Å²) >= 11 is 6.21. The van der Waals surface area contributed by atoms with Gasteiger partial charge in [0.2, 0.25) is 5.91 Å².